The summed E-state index contributed by atoms with van der Waals surface area (Å²) < 4.78 is 1.84. The minimum Gasteiger partial charge on any atom is -0.361 e. The molecular formula is C22H22N4O. The Hall–Kier alpha value is -3.34. The number of para-hydroxylation sites is 1. The number of aromatic amines is 1. The van der Waals surface area contributed by atoms with Gasteiger partial charge in [0.25, 0.3) is 0 Å². The minimum absolute atomic E-state index is 0.00427. The van der Waals surface area contributed by atoms with Gasteiger partial charge in [0.1, 0.15) is 0 Å². The lowest BCUT2D eigenvalue weighted by Crippen LogP contribution is -2.11. The smallest absolute Gasteiger partial charge is 0.224 e. The Morgan fingerprint density at radius 2 is 2.07 bits per heavy atom. The van der Waals surface area contributed by atoms with Crippen molar-refractivity contribution in [3.8, 4) is 0 Å². The first kappa shape index (κ1) is 17.1. The van der Waals surface area contributed by atoms with E-state index in [-0.39, 0.29) is 5.91 Å². The molecule has 4 rings (SSSR count). The van der Waals surface area contributed by atoms with E-state index in [2.05, 4.69) is 46.6 Å². The monoisotopic (exact) mass is 358 g/mol. The Morgan fingerprint density at radius 1 is 1.19 bits per heavy atom. The van der Waals surface area contributed by atoms with Gasteiger partial charge in [-0.1, -0.05) is 48.0 Å². The molecule has 0 aliphatic carbocycles. The van der Waals surface area contributed by atoms with Crippen molar-refractivity contribution in [2.45, 2.75) is 26.3 Å². The SMILES string of the molecule is Cc1cccc(Cn2cc(NC(=O)CCc3c[nH]c4ccccc34)cn2)c1. The van der Waals surface area contributed by atoms with Gasteiger partial charge in [0, 0.05) is 29.7 Å². The van der Waals surface area contributed by atoms with Gasteiger partial charge >= 0.3 is 0 Å². The molecule has 0 aliphatic heterocycles. The maximum atomic E-state index is 12.3. The van der Waals surface area contributed by atoms with E-state index in [1.54, 1.807) is 6.20 Å². The van der Waals surface area contributed by atoms with Gasteiger partial charge in [-0.25, -0.2) is 0 Å². The quantitative estimate of drug-likeness (QED) is 0.540. The molecule has 2 heterocycles. The first-order chi connectivity index (χ1) is 13.2. The number of rotatable bonds is 6. The molecule has 27 heavy (non-hydrogen) atoms. The molecule has 1 amide bonds. The number of hydrogen-bond donors (Lipinski definition) is 2. The van der Waals surface area contributed by atoms with Crippen LogP contribution in [0.5, 0.6) is 0 Å². The molecular weight excluding hydrogens is 336 g/mol. The summed E-state index contributed by atoms with van der Waals surface area (Å²) in [6, 6.07) is 16.5. The van der Waals surface area contributed by atoms with Crippen LogP contribution in [0.2, 0.25) is 0 Å². The van der Waals surface area contributed by atoms with Crippen LogP contribution in [0.15, 0.2) is 67.1 Å². The number of H-pyrrole nitrogens is 1. The van der Waals surface area contributed by atoms with E-state index in [0.717, 1.165) is 16.8 Å². The molecule has 0 aliphatic rings. The van der Waals surface area contributed by atoms with Gasteiger partial charge in [-0.05, 0) is 30.5 Å². The maximum Gasteiger partial charge on any atom is 0.224 e. The van der Waals surface area contributed by atoms with Crippen LogP contribution in [-0.2, 0) is 17.8 Å². The summed E-state index contributed by atoms with van der Waals surface area (Å²) in [5.41, 5.74) is 5.41. The van der Waals surface area contributed by atoms with Crippen molar-refractivity contribution in [2.75, 3.05) is 5.32 Å². The van der Waals surface area contributed by atoms with Crippen molar-refractivity contribution in [3.05, 3.63) is 83.8 Å². The van der Waals surface area contributed by atoms with Crippen molar-refractivity contribution in [1.29, 1.82) is 0 Å². The normalized spacial score (nSPS) is 11.0. The van der Waals surface area contributed by atoms with E-state index in [9.17, 15) is 4.79 Å². The van der Waals surface area contributed by atoms with Crippen LogP contribution in [-0.4, -0.2) is 20.7 Å². The zero-order valence-corrected chi connectivity index (χ0v) is 15.3. The summed E-state index contributed by atoms with van der Waals surface area (Å²) in [7, 11) is 0. The summed E-state index contributed by atoms with van der Waals surface area (Å²) in [6.45, 7) is 2.76. The lowest BCUT2D eigenvalue weighted by Gasteiger charge is -2.04. The molecule has 0 saturated carbocycles. The van der Waals surface area contributed by atoms with Crippen molar-refractivity contribution < 1.29 is 4.79 Å². The number of nitrogens with one attached hydrogen (secondary N) is 2. The maximum absolute atomic E-state index is 12.3. The Kier molecular flexibility index (Phi) is 4.75. The number of carbonyl (C=O) groups is 1. The first-order valence-corrected chi connectivity index (χ1v) is 9.10. The van der Waals surface area contributed by atoms with E-state index in [4.69, 9.17) is 0 Å². The third kappa shape index (κ3) is 4.08. The van der Waals surface area contributed by atoms with Gasteiger partial charge in [-0.2, -0.15) is 5.10 Å². The zero-order chi connectivity index (χ0) is 18.6. The van der Waals surface area contributed by atoms with Crippen LogP contribution in [0.1, 0.15) is 23.1 Å². The van der Waals surface area contributed by atoms with E-state index in [1.807, 2.05) is 41.3 Å². The highest BCUT2D eigenvalue weighted by atomic mass is 16.1. The van der Waals surface area contributed by atoms with Gasteiger partial charge in [0.2, 0.25) is 5.91 Å². The Bertz CT molecular complexity index is 1080. The molecule has 2 N–H and O–H groups in total. The summed E-state index contributed by atoms with van der Waals surface area (Å²) in [4.78, 5) is 15.5. The van der Waals surface area contributed by atoms with Crippen LogP contribution in [0.3, 0.4) is 0 Å². The molecule has 0 atom stereocenters. The molecule has 5 heteroatoms. The average Bonchev–Trinajstić information content (AvgIpc) is 3.27. The molecule has 5 nitrogen and oxygen atoms in total. The highest BCUT2D eigenvalue weighted by molar-refractivity contribution is 5.91. The molecule has 0 fully saturated rings. The number of amides is 1. The van der Waals surface area contributed by atoms with Gasteiger partial charge in [-0.15, -0.1) is 0 Å². The van der Waals surface area contributed by atoms with Gasteiger partial charge < -0.3 is 10.3 Å². The number of nitrogens with zero attached hydrogens (tertiary/aromatic N) is 2. The minimum atomic E-state index is -0.00427. The first-order valence-electron chi connectivity index (χ1n) is 9.10. The summed E-state index contributed by atoms with van der Waals surface area (Å²) >= 11 is 0. The number of fused-ring (bicyclic) bond motifs is 1. The third-order valence-electron chi connectivity index (χ3n) is 4.64. The fourth-order valence-electron chi connectivity index (χ4n) is 3.32. The molecule has 0 saturated heterocycles. The summed E-state index contributed by atoms with van der Waals surface area (Å²) in [6.07, 6.45) is 6.68. The molecule has 4 aromatic rings. The van der Waals surface area contributed by atoms with Crippen LogP contribution in [0.4, 0.5) is 5.69 Å². The average molecular weight is 358 g/mol. The van der Waals surface area contributed by atoms with E-state index in [1.165, 1.54) is 16.5 Å². The van der Waals surface area contributed by atoms with Crippen molar-refractivity contribution in [3.63, 3.8) is 0 Å². The second-order valence-electron chi connectivity index (χ2n) is 6.82. The third-order valence-corrected chi connectivity index (χ3v) is 4.64. The number of carbonyl (C=O) groups excluding carboxylic acids is 1. The largest absolute Gasteiger partial charge is 0.361 e. The summed E-state index contributed by atoms with van der Waals surface area (Å²) in [5.74, 6) is -0.00427. The number of aryl methyl sites for hydroxylation is 2. The fraction of sp³-hybridized carbons (Fsp3) is 0.182. The van der Waals surface area contributed by atoms with E-state index >= 15 is 0 Å². The predicted molar refractivity (Wildman–Crippen MR) is 108 cm³/mol. The van der Waals surface area contributed by atoms with Crippen LogP contribution >= 0.6 is 0 Å². The van der Waals surface area contributed by atoms with Crippen LogP contribution in [0, 0.1) is 6.92 Å². The molecule has 136 valence electrons. The van der Waals surface area contributed by atoms with Gasteiger partial charge in [-0.3, -0.25) is 9.48 Å². The highest BCUT2D eigenvalue weighted by Crippen LogP contribution is 2.19. The van der Waals surface area contributed by atoms with Crippen molar-refractivity contribution in [1.82, 2.24) is 14.8 Å². The molecule has 2 aromatic carbocycles. The van der Waals surface area contributed by atoms with Crippen molar-refractivity contribution in [2.24, 2.45) is 0 Å². The predicted octanol–water partition coefficient (Wildman–Crippen LogP) is 4.29. The lowest BCUT2D eigenvalue weighted by molar-refractivity contribution is -0.116. The Morgan fingerprint density at radius 3 is 2.96 bits per heavy atom. The second-order valence-corrected chi connectivity index (χ2v) is 6.82. The topological polar surface area (TPSA) is 62.7 Å². The molecule has 0 spiro atoms. The lowest BCUT2D eigenvalue weighted by atomic mass is 10.1. The number of benzene rings is 2. The zero-order valence-electron chi connectivity index (χ0n) is 15.3. The summed E-state index contributed by atoms with van der Waals surface area (Å²) in [5, 5.41) is 8.46. The number of hydrogen-bond acceptors (Lipinski definition) is 2. The molecule has 0 bridgehead atoms. The standard InChI is InChI=1S/C22H22N4O/c1-16-5-4-6-17(11-16)14-26-15-19(13-24-26)25-22(27)10-9-18-12-23-21-8-3-2-7-20(18)21/h2-8,11-13,15,23H,9-10,14H2,1H3,(H,25,27). The Labute approximate surface area is 158 Å². The highest BCUT2D eigenvalue weighted by Gasteiger charge is 2.08. The van der Waals surface area contributed by atoms with Crippen LogP contribution in [0.25, 0.3) is 10.9 Å². The molecule has 2 aromatic heterocycles. The number of aromatic nitrogens is 3. The Balaban J connectivity index is 1.34. The molecule has 0 radical (unpaired) electrons. The molecule has 0 unspecified atom stereocenters. The number of anilines is 1. The van der Waals surface area contributed by atoms with Crippen molar-refractivity contribution >= 4 is 22.5 Å². The second kappa shape index (κ2) is 7.50. The van der Waals surface area contributed by atoms with E-state index < -0.39 is 0 Å². The van der Waals surface area contributed by atoms with Gasteiger partial charge in [0.15, 0.2) is 0 Å². The van der Waals surface area contributed by atoms with Crippen LogP contribution < -0.4 is 5.32 Å². The van der Waals surface area contributed by atoms with Gasteiger partial charge in [0.05, 0.1) is 18.4 Å². The van der Waals surface area contributed by atoms with E-state index in [0.29, 0.717) is 19.4 Å². The fourth-order valence-corrected chi connectivity index (χ4v) is 3.32.